The molecule has 24 heavy (non-hydrogen) atoms. The molecule has 2 N–H and O–H groups in total. The molecule has 0 heterocycles. The fourth-order valence-corrected chi connectivity index (χ4v) is 6.49. The average molecular weight is 337 g/mol. The molecule has 0 aromatic carbocycles. The summed E-state index contributed by atoms with van der Waals surface area (Å²) in [5.74, 6) is 4.21. The molecule has 0 aromatic rings. The van der Waals surface area contributed by atoms with Crippen LogP contribution in [0.2, 0.25) is 0 Å². The highest BCUT2D eigenvalue weighted by Gasteiger charge is 2.46. The highest BCUT2D eigenvalue weighted by molar-refractivity contribution is 4.96. The molecule has 3 aliphatic carbocycles. The zero-order valence-corrected chi connectivity index (χ0v) is 16.2. The molecule has 3 fully saturated rings. The molecule has 0 spiro atoms. The van der Waals surface area contributed by atoms with Crippen molar-refractivity contribution in [2.75, 3.05) is 0 Å². The number of rotatable bonds is 3. The van der Waals surface area contributed by atoms with Crippen molar-refractivity contribution in [2.24, 2.45) is 35.0 Å². The Kier molecular flexibility index (Phi) is 5.97. The molecule has 3 saturated carbocycles. The maximum absolute atomic E-state index is 9.86. The zero-order chi connectivity index (χ0) is 17.3. The van der Waals surface area contributed by atoms with Crippen LogP contribution in [-0.2, 0) is 0 Å². The van der Waals surface area contributed by atoms with Crippen LogP contribution in [0.25, 0.3) is 0 Å². The highest BCUT2D eigenvalue weighted by Crippen LogP contribution is 2.55. The van der Waals surface area contributed by atoms with Crippen LogP contribution in [0.1, 0.15) is 91.4 Å². The Balaban J connectivity index is 1.66. The predicted molar refractivity (Wildman–Crippen MR) is 99.7 cm³/mol. The summed E-state index contributed by atoms with van der Waals surface area (Å²) in [6.45, 7) is 7.43. The molecule has 3 aliphatic rings. The summed E-state index contributed by atoms with van der Waals surface area (Å²) in [4.78, 5) is 0. The van der Waals surface area contributed by atoms with E-state index in [4.69, 9.17) is 0 Å². The molecule has 3 rings (SSSR count). The molecule has 0 saturated heterocycles. The van der Waals surface area contributed by atoms with E-state index in [1.54, 1.807) is 0 Å². The first-order valence-corrected chi connectivity index (χ1v) is 10.7. The van der Waals surface area contributed by atoms with Crippen LogP contribution in [0.15, 0.2) is 0 Å². The van der Waals surface area contributed by atoms with Crippen molar-refractivity contribution < 1.29 is 10.2 Å². The van der Waals surface area contributed by atoms with Gasteiger partial charge in [-0.1, -0.05) is 20.8 Å². The Morgan fingerprint density at radius 3 is 1.88 bits per heavy atom. The highest BCUT2D eigenvalue weighted by atomic mass is 16.3. The van der Waals surface area contributed by atoms with Crippen LogP contribution in [0.4, 0.5) is 0 Å². The normalized spacial score (nSPS) is 47.8. The van der Waals surface area contributed by atoms with Gasteiger partial charge in [0.05, 0.1) is 12.2 Å². The summed E-state index contributed by atoms with van der Waals surface area (Å²) in [5.41, 5.74) is 0.500. The quantitative estimate of drug-likeness (QED) is 0.746. The lowest BCUT2D eigenvalue weighted by Crippen LogP contribution is -2.43. The van der Waals surface area contributed by atoms with Crippen LogP contribution >= 0.6 is 0 Å². The Hall–Kier alpha value is -0.0800. The van der Waals surface area contributed by atoms with Crippen molar-refractivity contribution in [1.29, 1.82) is 0 Å². The van der Waals surface area contributed by atoms with Crippen molar-refractivity contribution in [2.45, 2.75) is 104 Å². The van der Waals surface area contributed by atoms with Crippen molar-refractivity contribution in [3.8, 4) is 0 Å². The first-order valence-electron chi connectivity index (χ1n) is 10.7. The van der Waals surface area contributed by atoms with E-state index in [0.29, 0.717) is 5.41 Å². The van der Waals surface area contributed by atoms with Gasteiger partial charge in [0.25, 0.3) is 0 Å². The number of hydrogen-bond acceptors (Lipinski definition) is 2. The monoisotopic (exact) mass is 336 g/mol. The van der Waals surface area contributed by atoms with E-state index in [1.807, 2.05) is 0 Å². The van der Waals surface area contributed by atoms with Gasteiger partial charge >= 0.3 is 0 Å². The van der Waals surface area contributed by atoms with Gasteiger partial charge < -0.3 is 10.2 Å². The lowest BCUT2D eigenvalue weighted by molar-refractivity contribution is -0.0326. The van der Waals surface area contributed by atoms with Crippen molar-refractivity contribution in [3.05, 3.63) is 0 Å². The predicted octanol–water partition coefficient (Wildman–Crippen LogP) is 5.17. The molecule has 0 aromatic heterocycles. The molecule has 140 valence electrons. The Morgan fingerprint density at radius 1 is 0.792 bits per heavy atom. The standard InChI is InChI=1S/C22H40O2/c1-15(2)21-14-22(3,17-6-10-19(24)11-7-17)13-12-20(21)16-4-8-18(23)9-5-16/h15-21,23-24H,4-14H2,1-3H3. The Morgan fingerprint density at radius 2 is 1.33 bits per heavy atom. The van der Waals surface area contributed by atoms with Crippen molar-refractivity contribution in [1.82, 2.24) is 0 Å². The summed E-state index contributed by atoms with van der Waals surface area (Å²) in [6, 6.07) is 0. The summed E-state index contributed by atoms with van der Waals surface area (Å²) >= 11 is 0. The van der Waals surface area contributed by atoms with Crippen LogP contribution in [0.3, 0.4) is 0 Å². The second-order valence-electron chi connectivity index (χ2n) is 10.0. The van der Waals surface area contributed by atoms with Crippen LogP contribution in [0, 0.1) is 35.0 Å². The first kappa shape index (κ1) is 18.7. The summed E-state index contributed by atoms with van der Waals surface area (Å²) in [5, 5.41) is 19.7. The summed E-state index contributed by atoms with van der Waals surface area (Å²) < 4.78 is 0. The lowest BCUT2D eigenvalue weighted by Gasteiger charge is -2.52. The molecule has 0 amide bonds. The fraction of sp³-hybridized carbons (Fsp3) is 1.00. The second kappa shape index (κ2) is 7.66. The zero-order valence-electron chi connectivity index (χ0n) is 16.2. The maximum Gasteiger partial charge on any atom is 0.0540 e. The third-order valence-electron chi connectivity index (χ3n) is 8.19. The van der Waals surface area contributed by atoms with E-state index in [2.05, 4.69) is 20.8 Å². The number of hydrogen-bond donors (Lipinski definition) is 2. The van der Waals surface area contributed by atoms with E-state index in [1.165, 1.54) is 44.9 Å². The largest absolute Gasteiger partial charge is 0.393 e. The van der Waals surface area contributed by atoms with Gasteiger partial charge in [-0.15, -0.1) is 0 Å². The maximum atomic E-state index is 9.86. The van der Waals surface area contributed by atoms with Gasteiger partial charge in [-0.2, -0.15) is 0 Å². The van der Waals surface area contributed by atoms with Crippen LogP contribution < -0.4 is 0 Å². The van der Waals surface area contributed by atoms with Gasteiger partial charge in [0.15, 0.2) is 0 Å². The SMILES string of the molecule is CC(C)C1CC(C)(C2CCC(O)CC2)CCC1C1CCC(O)CC1. The minimum absolute atomic E-state index is 0.0266. The molecule has 0 bridgehead atoms. The van der Waals surface area contributed by atoms with E-state index in [9.17, 15) is 10.2 Å². The second-order valence-corrected chi connectivity index (χ2v) is 10.0. The molecular formula is C22H40O2. The average Bonchev–Trinajstić information content (AvgIpc) is 2.56. The Bertz CT molecular complexity index is 391. The molecule has 2 heteroatoms. The smallest absolute Gasteiger partial charge is 0.0540 e. The van der Waals surface area contributed by atoms with Gasteiger partial charge in [0.1, 0.15) is 0 Å². The summed E-state index contributed by atoms with van der Waals surface area (Å²) in [6.07, 6.45) is 13.2. The Labute approximate surface area is 149 Å². The van der Waals surface area contributed by atoms with Gasteiger partial charge in [-0.25, -0.2) is 0 Å². The van der Waals surface area contributed by atoms with Crippen LogP contribution in [-0.4, -0.2) is 22.4 Å². The molecule has 0 aliphatic heterocycles. The third-order valence-corrected chi connectivity index (χ3v) is 8.19. The lowest BCUT2D eigenvalue weighted by atomic mass is 9.54. The van der Waals surface area contributed by atoms with Crippen LogP contribution in [0.5, 0.6) is 0 Å². The minimum atomic E-state index is -0.0317. The summed E-state index contributed by atoms with van der Waals surface area (Å²) in [7, 11) is 0. The molecule has 3 unspecified atom stereocenters. The van der Waals surface area contributed by atoms with Crippen molar-refractivity contribution >= 4 is 0 Å². The third kappa shape index (κ3) is 4.01. The fourth-order valence-electron chi connectivity index (χ4n) is 6.49. The number of aliphatic hydroxyl groups is 2. The molecule has 2 nitrogen and oxygen atoms in total. The number of aliphatic hydroxyl groups excluding tert-OH is 2. The van der Waals surface area contributed by atoms with Gasteiger partial charge in [0, 0.05) is 0 Å². The molecule has 3 atom stereocenters. The van der Waals surface area contributed by atoms with E-state index >= 15 is 0 Å². The molecule has 0 radical (unpaired) electrons. The van der Waals surface area contributed by atoms with Gasteiger partial charge in [0.2, 0.25) is 0 Å². The van der Waals surface area contributed by atoms with Gasteiger partial charge in [-0.3, -0.25) is 0 Å². The first-order chi connectivity index (χ1) is 11.4. The minimum Gasteiger partial charge on any atom is -0.393 e. The van der Waals surface area contributed by atoms with Crippen molar-refractivity contribution in [3.63, 3.8) is 0 Å². The van der Waals surface area contributed by atoms with E-state index < -0.39 is 0 Å². The van der Waals surface area contributed by atoms with Gasteiger partial charge in [-0.05, 0) is 106 Å². The van der Waals surface area contributed by atoms with E-state index in [-0.39, 0.29) is 12.2 Å². The topological polar surface area (TPSA) is 40.5 Å². The van der Waals surface area contributed by atoms with E-state index in [0.717, 1.165) is 55.3 Å². The molecular weight excluding hydrogens is 296 g/mol.